The minimum Gasteiger partial charge on any atom is -0.465 e. The number of hydrogen-bond acceptors (Lipinski definition) is 4. The number of esters is 1. The zero-order valence-corrected chi connectivity index (χ0v) is 13.0. The van der Waals surface area contributed by atoms with Gasteiger partial charge in [0.05, 0.1) is 12.7 Å². The molecule has 0 aromatic carbocycles. The Morgan fingerprint density at radius 2 is 2.05 bits per heavy atom. The molecular formula is C16H29NO3. The molecular weight excluding hydrogens is 254 g/mol. The van der Waals surface area contributed by atoms with Gasteiger partial charge in [0, 0.05) is 13.2 Å². The van der Waals surface area contributed by atoms with Crippen molar-refractivity contribution < 1.29 is 14.3 Å². The van der Waals surface area contributed by atoms with Crippen LogP contribution in [0, 0.1) is 5.92 Å². The molecule has 0 radical (unpaired) electrons. The van der Waals surface area contributed by atoms with Crippen LogP contribution in [0.4, 0.5) is 0 Å². The summed E-state index contributed by atoms with van der Waals surface area (Å²) in [7, 11) is 0. The maximum absolute atomic E-state index is 12.4. The number of rotatable bonds is 6. The highest BCUT2D eigenvalue weighted by Crippen LogP contribution is 2.35. The van der Waals surface area contributed by atoms with Gasteiger partial charge in [0.25, 0.3) is 0 Å². The zero-order valence-electron chi connectivity index (χ0n) is 13.0. The van der Waals surface area contributed by atoms with Gasteiger partial charge in [0.15, 0.2) is 0 Å². The molecule has 1 aliphatic heterocycles. The zero-order chi connectivity index (χ0) is 14.4. The van der Waals surface area contributed by atoms with Crippen LogP contribution in [-0.4, -0.2) is 37.4 Å². The average Bonchev–Trinajstić information content (AvgIpc) is 2.99. The lowest BCUT2D eigenvalue weighted by atomic mass is 9.75. The van der Waals surface area contributed by atoms with Crippen LogP contribution in [0.3, 0.4) is 0 Å². The fraction of sp³-hybridized carbons (Fsp3) is 0.938. The normalized spacial score (nSPS) is 34.1. The molecule has 1 saturated heterocycles. The third-order valence-corrected chi connectivity index (χ3v) is 4.89. The molecule has 0 amide bonds. The maximum atomic E-state index is 12.4. The van der Waals surface area contributed by atoms with Crippen LogP contribution in [0.2, 0.25) is 0 Å². The Balaban J connectivity index is 1.94. The Hall–Kier alpha value is -0.610. The molecule has 2 rings (SSSR count). The summed E-state index contributed by atoms with van der Waals surface area (Å²) in [6.45, 7) is 6.21. The molecule has 1 N–H and O–H groups in total. The minimum atomic E-state index is -0.465. The van der Waals surface area contributed by atoms with Crippen molar-refractivity contribution in [2.45, 2.75) is 70.4 Å². The molecule has 1 atom stereocenters. The topological polar surface area (TPSA) is 47.6 Å². The highest BCUT2D eigenvalue weighted by atomic mass is 16.5. The van der Waals surface area contributed by atoms with Crippen LogP contribution in [0.5, 0.6) is 0 Å². The number of nitrogens with one attached hydrogen (secondary N) is 1. The van der Waals surface area contributed by atoms with Crippen LogP contribution in [-0.2, 0) is 14.3 Å². The second-order valence-corrected chi connectivity index (χ2v) is 6.17. The molecule has 1 saturated carbocycles. The second-order valence-electron chi connectivity index (χ2n) is 6.17. The molecule has 0 bridgehead atoms. The first-order valence-electron chi connectivity index (χ1n) is 8.24. The number of carbonyl (C=O) groups is 1. The lowest BCUT2D eigenvalue weighted by molar-refractivity contribution is -0.153. The van der Waals surface area contributed by atoms with Gasteiger partial charge in [-0.05, 0) is 51.4 Å². The van der Waals surface area contributed by atoms with Crippen molar-refractivity contribution in [2.24, 2.45) is 5.92 Å². The Bertz CT molecular complexity index is 305. The molecule has 0 spiro atoms. The predicted octanol–water partition coefficient (Wildman–Crippen LogP) is 2.66. The highest BCUT2D eigenvalue weighted by molar-refractivity contribution is 5.81. The van der Waals surface area contributed by atoms with Crippen molar-refractivity contribution in [1.29, 1.82) is 0 Å². The lowest BCUT2D eigenvalue weighted by Crippen LogP contribution is -2.56. The van der Waals surface area contributed by atoms with E-state index in [1.54, 1.807) is 0 Å². The average molecular weight is 283 g/mol. The van der Waals surface area contributed by atoms with E-state index in [-0.39, 0.29) is 12.1 Å². The Kier molecular flexibility index (Phi) is 5.85. The van der Waals surface area contributed by atoms with Crippen LogP contribution in [0.1, 0.15) is 58.8 Å². The summed E-state index contributed by atoms with van der Waals surface area (Å²) in [6, 6.07) is 0. The molecule has 116 valence electrons. The highest BCUT2D eigenvalue weighted by Gasteiger charge is 2.42. The number of ether oxygens (including phenoxy) is 2. The van der Waals surface area contributed by atoms with E-state index in [9.17, 15) is 4.79 Å². The predicted molar refractivity (Wildman–Crippen MR) is 78.6 cm³/mol. The molecule has 1 heterocycles. The maximum Gasteiger partial charge on any atom is 0.326 e. The number of carbonyl (C=O) groups excluding carboxylic acids is 1. The van der Waals surface area contributed by atoms with Crippen LogP contribution < -0.4 is 5.32 Å². The van der Waals surface area contributed by atoms with Crippen LogP contribution in [0.15, 0.2) is 0 Å². The van der Waals surface area contributed by atoms with E-state index in [0.717, 1.165) is 57.6 Å². The molecule has 2 aliphatic rings. The van der Waals surface area contributed by atoms with Gasteiger partial charge in [-0.25, -0.2) is 0 Å². The van der Waals surface area contributed by atoms with E-state index >= 15 is 0 Å². The van der Waals surface area contributed by atoms with Crippen LogP contribution in [0.25, 0.3) is 0 Å². The largest absolute Gasteiger partial charge is 0.465 e. The SMILES string of the molecule is CCOC(=O)C1(NCC2CCCO2)CCC(CC)CC1. The smallest absolute Gasteiger partial charge is 0.326 e. The second kappa shape index (κ2) is 7.41. The Morgan fingerprint density at radius 3 is 2.60 bits per heavy atom. The molecule has 20 heavy (non-hydrogen) atoms. The van der Waals surface area contributed by atoms with E-state index in [2.05, 4.69) is 12.2 Å². The van der Waals surface area contributed by atoms with Gasteiger partial charge in [0.2, 0.25) is 0 Å². The van der Waals surface area contributed by atoms with Gasteiger partial charge in [-0.1, -0.05) is 13.3 Å². The fourth-order valence-corrected chi connectivity index (χ4v) is 3.42. The van der Waals surface area contributed by atoms with E-state index in [0.29, 0.717) is 6.61 Å². The summed E-state index contributed by atoms with van der Waals surface area (Å²) in [5.41, 5.74) is -0.465. The summed E-state index contributed by atoms with van der Waals surface area (Å²) in [5.74, 6) is 0.703. The summed E-state index contributed by atoms with van der Waals surface area (Å²) in [4.78, 5) is 12.4. The lowest BCUT2D eigenvalue weighted by Gasteiger charge is -2.39. The van der Waals surface area contributed by atoms with Crippen molar-refractivity contribution in [3.8, 4) is 0 Å². The van der Waals surface area contributed by atoms with Crippen molar-refractivity contribution in [3.05, 3.63) is 0 Å². The van der Waals surface area contributed by atoms with Gasteiger partial charge in [-0.3, -0.25) is 10.1 Å². The summed E-state index contributed by atoms with van der Waals surface area (Å²) in [6.07, 6.45) is 7.76. The number of hydrogen-bond donors (Lipinski definition) is 1. The van der Waals surface area contributed by atoms with Crippen molar-refractivity contribution >= 4 is 5.97 Å². The third-order valence-electron chi connectivity index (χ3n) is 4.89. The summed E-state index contributed by atoms with van der Waals surface area (Å²) < 4.78 is 11.0. The molecule has 0 aromatic heterocycles. The van der Waals surface area contributed by atoms with Crippen LogP contribution >= 0.6 is 0 Å². The summed E-state index contributed by atoms with van der Waals surface area (Å²) in [5, 5.41) is 3.51. The van der Waals surface area contributed by atoms with Gasteiger partial charge >= 0.3 is 5.97 Å². The standard InChI is InChI=1S/C16H29NO3/c1-3-13-7-9-16(10-8-13,15(18)19-4-2)17-12-14-6-5-11-20-14/h13-14,17H,3-12H2,1-2H3. The first-order valence-corrected chi connectivity index (χ1v) is 8.24. The quantitative estimate of drug-likeness (QED) is 0.761. The van der Waals surface area contributed by atoms with Gasteiger partial charge in [0.1, 0.15) is 5.54 Å². The minimum absolute atomic E-state index is 0.0625. The fourth-order valence-electron chi connectivity index (χ4n) is 3.42. The molecule has 4 nitrogen and oxygen atoms in total. The Labute approximate surface area is 122 Å². The molecule has 4 heteroatoms. The first kappa shape index (κ1) is 15.8. The van der Waals surface area contributed by atoms with E-state index in [4.69, 9.17) is 9.47 Å². The van der Waals surface area contributed by atoms with E-state index in [1.165, 1.54) is 6.42 Å². The molecule has 1 aliphatic carbocycles. The van der Waals surface area contributed by atoms with Crippen molar-refractivity contribution in [2.75, 3.05) is 19.8 Å². The monoisotopic (exact) mass is 283 g/mol. The van der Waals surface area contributed by atoms with E-state index in [1.807, 2.05) is 6.92 Å². The van der Waals surface area contributed by atoms with Crippen molar-refractivity contribution in [3.63, 3.8) is 0 Å². The molecule has 2 fully saturated rings. The van der Waals surface area contributed by atoms with Gasteiger partial charge in [-0.15, -0.1) is 0 Å². The first-order chi connectivity index (χ1) is 9.70. The van der Waals surface area contributed by atoms with Gasteiger partial charge < -0.3 is 9.47 Å². The van der Waals surface area contributed by atoms with E-state index < -0.39 is 5.54 Å². The third kappa shape index (κ3) is 3.73. The summed E-state index contributed by atoms with van der Waals surface area (Å²) >= 11 is 0. The molecule has 1 unspecified atom stereocenters. The van der Waals surface area contributed by atoms with Gasteiger partial charge in [-0.2, -0.15) is 0 Å². The molecule has 0 aromatic rings. The Morgan fingerprint density at radius 1 is 1.30 bits per heavy atom. The van der Waals surface area contributed by atoms with Crippen molar-refractivity contribution in [1.82, 2.24) is 5.32 Å².